The molecule has 102 valence electrons. The first-order valence-corrected chi connectivity index (χ1v) is 6.76. The Kier molecular flexibility index (Phi) is 3.29. The van der Waals surface area contributed by atoms with Gasteiger partial charge in [-0.1, -0.05) is 30.3 Å². The first-order valence-electron chi connectivity index (χ1n) is 6.76. The van der Waals surface area contributed by atoms with Gasteiger partial charge in [0, 0.05) is 0 Å². The second-order valence-corrected chi connectivity index (χ2v) is 5.55. The third-order valence-electron chi connectivity index (χ3n) is 3.93. The van der Waals surface area contributed by atoms with Crippen LogP contribution < -0.4 is 5.32 Å². The predicted octanol–water partition coefficient (Wildman–Crippen LogP) is 1.64. The number of benzene rings is 1. The molecular formula is C15H19NO3. The van der Waals surface area contributed by atoms with Crippen molar-refractivity contribution >= 4 is 5.91 Å². The van der Waals surface area contributed by atoms with E-state index in [0.29, 0.717) is 13.2 Å². The van der Waals surface area contributed by atoms with Gasteiger partial charge in [-0.15, -0.1) is 0 Å². The SMILES string of the molecule is C[C@H]1OCC2(CC(OCc3ccccc3)C2)NC1=O. The normalized spacial score (nSPS) is 33.8. The van der Waals surface area contributed by atoms with E-state index in [1.807, 2.05) is 18.2 Å². The van der Waals surface area contributed by atoms with Gasteiger partial charge in [0.05, 0.1) is 24.9 Å². The zero-order chi connectivity index (χ0) is 13.3. The molecule has 0 unspecified atom stereocenters. The summed E-state index contributed by atoms with van der Waals surface area (Å²) in [6.07, 6.45) is 1.59. The molecule has 1 aromatic rings. The second-order valence-electron chi connectivity index (χ2n) is 5.55. The molecule has 0 radical (unpaired) electrons. The molecule has 1 N–H and O–H groups in total. The first-order chi connectivity index (χ1) is 9.17. The van der Waals surface area contributed by atoms with Crippen LogP contribution in [0.1, 0.15) is 25.3 Å². The van der Waals surface area contributed by atoms with Crippen LogP contribution in [0, 0.1) is 0 Å². The van der Waals surface area contributed by atoms with Crippen molar-refractivity contribution < 1.29 is 14.3 Å². The van der Waals surface area contributed by atoms with Crippen molar-refractivity contribution in [3.63, 3.8) is 0 Å². The largest absolute Gasteiger partial charge is 0.373 e. The van der Waals surface area contributed by atoms with Crippen molar-refractivity contribution in [1.82, 2.24) is 5.32 Å². The Labute approximate surface area is 113 Å². The van der Waals surface area contributed by atoms with Crippen LogP contribution in [0.15, 0.2) is 30.3 Å². The molecule has 1 aromatic carbocycles. The van der Waals surface area contributed by atoms with Crippen molar-refractivity contribution in [1.29, 1.82) is 0 Å². The van der Waals surface area contributed by atoms with Crippen LogP contribution in [-0.2, 0) is 20.9 Å². The molecule has 1 aliphatic heterocycles. The average molecular weight is 261 g/mol. The first kappa shape index (κ1) is 12.6. The van der Waals surface area contributed by atoms with E-state index < -0.39 is 0 Å². The van der Waals surface area contributed by atoms with Gasteiger partial charge in [-0.05, 0) is 25.3 Å². The van der Waals surface area contributed by atoms with Crippen LogP contribution >= 0.6 is 0 Å². The average Bonchev–Trinajstić information content (AvgIpc) is 2.39. The van der Waals surface area contributed by atoms with Crippen LogP contribution in [0.5, 0.6) is 0 Å². The van der Waals surface area contributed by atoms with Gasteiger partial charge in [0.1, 0.15) is 6.10 Å². The zero-order valence-corrected chi connectivity index (χ0v) is 11.1. The third kappa shape index (κ3) is 2.65. The predicted molar refractivity (Wildman–Crippen MR) is 70.5 cm³/mol. The molecular weight excluding hydrogens is 242 g/mol. The monoisotopic (exact) mass is 261 g/mol. The molecule has 1 heterocycles. The van der Waals surface area contributed by atoms with E-state index in [2.05, 4.69) is 17.4 Å². The topological polar surface area (TPSA) is 47.6 Å². The standard InChI is InChI=1S/C15H19NO3/c1-11-14(17)16-15(10-19-11)7-13(8-15)18-9-12-5-3-2-4-6-12/h2-6,11,13H,7-10H2,1H3,(H,16,17)/t11-,13?,15?/m1/s1. The van der Waals surface area contributed by atoms with Gasteiger partial charge in [0.25, 0.3) is 0 Å². The minimum Gasteiger partial charge on any atom is -0.373 e. The Morgan fingerprint density at radius 1 is 1.37 bits per heavy atom. The highest BCUT2D eigenvalue weighted by molar-refractivity contribution is 5.82. The number of carbonyl (C=O) groups excluding carboxylic acids is 1. The molecule has 19 heavy (non-hydrogen) atoms. The second kappa shape index (κ2) is 4.94. The number of hydrogen-bond acceptors (Lipinski definition) is 3. The lowest BCUT2D eigenvalue weighted by Gasteiger charge is -2.50. The van der Waals surface area contributed by atoms with Crippen LogP contribution in [-0.4, -0.2) is 30.3 Å². The van der Waals surface area contributed by atoms with Gasteiger partial charge in [-0.25, -0.2) is 0 Å². The number of ether oxygens (including phenoxy) is 2. The number of morpholine rings is 1. The van der Waals surface area contributed by atoms with E-state index in [4.69, 9.17) is 9.47 Å². The van der Waals surface area contributed by atoms with E-state index >= 15 is 0 Å². The molecule has 1 atom stereocenters. The Bertz CT molecular complexity index is 454. The van der Waals surface area contributed by atoms with Crippen LogP contribution in [0.3, 0.4) is 0 Å². The maximum absolute atomic E-state index is 11.6. The highest BCUT2D eigenvalue weighted by Crippen LogP contribution is 2.37. The highest BCUT2D eigenvalue weighted by Gasteiger charge is 2.49. The summed E-state index contributed by atoms with van der Waals surface area (Å²) < 4.78 is 11.3. The molecule has 4 nitrogen and oxygen atoms in total. The van der Waals surface area contributed by atoms with Crippen LogP contribution in [0.4, 0.5) is 0 Å². The highest BCUT2D eigenvalue weighted by atomic mass is 16.5. The molecule has 3 rings (SSSR count). The van der Waals surface area contributed by atoms with E-state index in [1.54, 1.807) is 6.92 Å². The molecule has 4 heteroatoms. The van der Waals surface area contributed by atoms with Crippen molar-refractivity contribution in [3.8, 4) is 0 Å². The van der Waals surface area contributed by atoms with E-state index in [-0.39, 0.29) is 23.7 Å². The number of carbonyl (C=O) groups is 1. The molecule has 1 aliphatic carbocycles. The zero-order valence-electron chi connectivity index (χ0n) is 11.1. The summed E-state index contributed by atoms with van der Waals surface area (Å²) in [5.41, 5.74) is 1.01. The molecule has 1 amide bonds. The fourth-order valence-electron chi connectivity index (χ4n) is 2.70. The Morgan fingerprint density at radius 2 is 2.11 bits per heavy atom. The molecule has 0 bridgehead atoms. The maximum Gasteiger partial charge on any atom is 0.249 e. The summed E-state index contributed by atoms with van der Waals surface area (Å²) in [7, 11) is 0. The molecule has 0 aromatic heterocycles. The van der Waals surface area contributed by atoms with Crippen molar-refractivity contribution in [2.45, 2.75) is 44.1 Å². The van der Waals surface area contributed by atoms with Gasteiger partial charge in [-0.2, -0.15) is 0 Å². The fourth-order valence-corrected chi connectivity index (χ4v) is 2.70. The maximum atomic E-state index is 11.6. The minimum absolute atomic E-state index is 0.00670. The van der Waals surface area contributed by atoms with Gasteiger partial charge in [-0.3, -0.25) is 4.79 Å². The third-order valence-corrected chi connectivity index (χ3v) is 3.93. The quantitative estimate of drug-likeness (QED) is 0.899. The van der Waals surface area contributed by atoms with Crippen molar-refractivity contribution in [2.24, 2.45) is 0 Å². The molecule has 2 aliphatic rings. The summed E-state index contributed by atoms with van der Waals surface area (Å²) in [6.45, 7) is 3.02. The molecule has 1 saturated carbocycles. The molecule has 2 fully saturated rings. The number of amides is 1. The Balaban J connectivity index is 1.47. The number of rotatable bonds is 3. The smallest absolute Gasteiger partial charge is 0.249 e. The molecule has 1 spiro atoms. The van der Waals surface area contributed by atoms with Crippen LogP contribution in [0.2, 0.25) is 0 Å². The van der Waals surface area contributed by atoms with Crippen LogP contribution in [0.25, 0.3) is 0 Å². The van der Waals surface area contributed by atoms with Crippen molar-refractivity contribution in [2.75, 3.05) is 6.61 Å². The van der Waals surface area contributed by atoms with Gasteiger partial charge < -0.3 is 14.8 Å². The Hall–Kier alpha value is -1.39. The summed E-state index contributed by atoms with van der Waals surface area (Å²) >= 11 is 0. The van der Waals surface area contributed by atoms with Gasteiger partial charge >= 0.3 is 0 Å². The van der Waals surface area contributed by atoms with Gasteiger partial charge in [0.15, 0.2) is 0 Å². The molecule has 1 saturated heterocycles. The lowest BCUT2D eigenvalue weighted by Crippen LogP contribution is -2.67. The fraction of sp³-hybridized carbons (Fsp3) is 0.533. The lowest BCUT2D eigenvalue weighted by molar-refractivity contribution is -0.160. The van der Waals surface area contributed by atoms with Crippen molar-refractivity contribution in [3.05, 3.63) is 35.9 Å². The summed E-state index contributed by atoms with van der Waals surface area (Å²) in [4.78, 5) is 11.6. The summed E-state index contributed by atoms with van der Waals surface area (Å²) in [5, 5.41) is 3.06. The lowest BCUT2D eigenvalue weighted by atomic mass is 9.74. The number of nitrogens with one attached hydrogen (secondary N) is 1. The summed E-state index contributed by atoms with van der Waals surface area (Å²) in [6, 6.07) is 10.1. The minimum atomic E-state index is -0.324. The van der Waals surface area contributed by atoms with E-state index in [9.17, 15) is 4.79 Å². The van der Waals surface area contributed by atoms with Gasteiger partial charge in [0.2, 0.25) is 5.91 Å². The van der Waals surface area contributed by atoms with E-state index in [1.165, 1.54) is 5.56 Å². The number of hydrogen-bond donors (Lipinski definition) is 1. The Morgan fingerprint density at radius 3 is 2.79 bits per heavy atom. The van der Waals surface area contributed by atoms with E-state index in [0.717, 1.165) is 12.8 Å². The summed E-state index contributed by atoms with van der Waals surface area (Å²) in [5.74, 6) is -0.00670.